The van der Waals surface area contributed by atoms with Crippen LogP contribution < -0.4 is 10.6 Å². The highest BCUT2D eigenvalue weighted by atomic mass is 35.5. The molecule has 3 N–H and O–H groups in total. The molecule has 2 aliphatic carbocycles. The minimum Gasteiger partial charge on any atom is -0.394 e. The second kappa shape index (κ2) is 5.74. The average molecular weight is 323 g/mol. The summed E-state index contributed by atoms with van der Waals surface area (Å²) in [5, 5.41) is 16.2. The fourth-order valence-electron chi connectivity index (χ4n) is 3.07. The lowest BCUT2D eigenvalue weighted by Crippen LogP contribution is -2.54. The number of urea groups is 1. The molecule has 0 bridgehead atoms. The molecule has 4 nitrogen and oxygen atoms in total. The molecule has 0 saturated heterocycles. The fraction of sp³-hybridized carbons (Fsp3) is 0.588. The highest BCUT2D eigenvalue weighted by Crippen LogP contribution is 2.47. The number of benzene rings is 1. The van der Waals surface area contributed by atoms with Gasteiger partial charge in [-0.1, -0.05) is 23.7 Å². The molecule has 2 amide bonds. The summed E-state index contributed by atoms with van der Waals surface area (Å²) < 4.78 is 0. The van der Waals surface area contributed by atoms with Crippen LogP contribution in [0, 0.1) is 5.92 Å². The Labute approximate surface area is 136 Å². The van der Waals surface area contributed by atoms with Crippen LogP contribution >= 0.6 is 11.6 Å². The van der Waals surface area contributed by atoms with E-state index in [-0.39, 0.29) is 18.1 Å². The van der Waals surface area contributed by atoms with Gasteiger partial charge in [0.15, 0.2) is 0 Å². The van der Waals surface area contributed by atoms with E-state index in [1.54, 1.807) is 0 Å². The van der Waals surface area contributed by atoms with Gasteiger partial charge < -0.3 is 15.7 Å². The number of hydrogen-bond acceptors (Lipinski definition) is 2. The third kappa shape index (κ3) is 3.23. The molecule has 1 unspecified atom stereocenters. The van der Waals surface area contributed by atoms with Crippen molar-refractivity contribution in [1.82, 2.24) is 10.6 Å². The van der Waals surface area contributed by atoms with Gasteiger partial charge in [0.2, 0.25) is 0 Å². The van der Waals surface area contributed by atoms with Gasteiger partial charge in [-0.2, -0.15) is 0 Å². The molecular weight excluding hydrogens is 300 g/mol. The van der Waals surface area contributed by atoms with Gasteiger partial charge in [-0.15, -0.1) is 0 Å². The van der Waals surface area contributed by atoms with Crippen molar-refractivity contribution in [2.45, 2.75) is 43.6 Å². The predicted octanol–water partition coefficient (Wildman–Crippen LogP) is 2.83. The quantitative estimate of drug-likeness (QED) is 0.754. The molecule has 2 fully saturated rings. The summed E-state index contributed by atoms with van der Waals surface area (Å²) in [6.45, 7) is 2.51. The Hall–Kier alpha value is -1.26. The first kappa shape index (κ1) is 15.6. The number of hydrogen-bond donors (Lipinski definition) is 3. The maximum Gasteiger partial charge on any atom is 0.315 e. The largest absolute Gasteiger partial charge is 0.394 e. The van der Waals surface area contributed by atoms with E-state index in [0.717, 1.165) is 30.7 Å². The molecule has 0 spiro atoms. The van der Waals surface area contributed by atoms with E-state index >= 15 is 0 Å². The van der Waals surface area contributed by atoms with E-state index in [4.69, 9.17) is 11.6 Å². The Morgan fingerprint density at radius 2 is 2.00 bits per heavy atom. The van der Waals surface area contributed by atoms with Crippen molar-refractivity contribution in [2.24, 2.45) is 5.92 Å². The Morgan fingerprint density at radius 3 is 2.50 bits per heavy atom. The van der Waals surface area contributed by atoms with Crippen molar-refractivity contribution in [1.29, 1.82) is 0 Å². The number of aliphatic hydroxyl groups is 1. The van der Waals surface area contributed by atoms with Crippen LogP contribution in [0.2, 0.25) is 5.02 Å². The average Bonchev–Trinajstić information content (AvgIpc) is 3.39. The summed E-state index contributed by atoms with van der Waals surface area (Å²) in [6.07, 6.45) is 4.31. The topological polar surface area (TPSA) is 61.4 Å². The summed E-state index contributed by atoms with van der Waals surface area (Å²) in [6, 6.07) is 7.68. The van der Waals surface area contributed by atoms with Gasteiger partial charge in [-0.3, -0.25) is 0 Å². The van der Waals surface area contributed by atoms with Gasteiger partial charge in [0.05, 0.1) is 12.1 Å². The zero-order valence-electron chi connectivity index (χ0n) is 12.9. The zero-order chi connectivity index (χ0) is 15.8. The second-order valence-corrected chi connectivity index (χ2v) is 7.38. The van der Waals surface area contributed by atoms with Crippen molar-refractivity contribution >= 4 is 17.6 Å². The molecule has 1 atom stereocenters. The normalized spacial score (nSPS) is 21.8. The zero-order valence-corrected chi connectivity index (χ0v) is 13.6. The van der Waals surface area contributed by atoms with Crippen LogP contribution in [0.5, 0.6) is 0 Å². The molecule has 0 heterocycles. The van der Waals surface area contributed by atoms with Crippen LogP contribution in [0.25, 0.3) is 0 Å². The van der Waals surface area contributed by atoms with Crippen molar-refractivity contribution in [3.8, 4) is 0 Å². The summed E-state index contributed by atoms with van der Waals surface area (Å²) in [4.78, 5) is 12.2. The van der Waals surface area contributed by atoms with E-state index < -0.39 is 5.54 Å². The number of amides is 2. The Balaban J connectivity index is 1.55. The maximum atomic E-state index is 12.2. The third-order valence-electron chi connectivity index (χ3n) is 5.10. The van der Waals surface area contributed by atoms with E-state index in [9.17, 15) is 9.90 Å². The first-order chi connectivity index (χ1) is 10.5. The van der Waals surface area contributed by atoms with Gasteiger partial charge >= 0.3 is 6.03 Å². The smallest absolute Gasteiger partial charge is 0.315 e. The molecule has 0 radical (unpaired) electrons. The summed E-state index contributed by atoms with van der Waals surface area (Å²) >= 11 is 5.93. The number of nitrogens with one attached hydrogen (secondary N) is 2. The van der Waals surface area contributed by atoms with E-state index in [2.05, 4.69) is 10.6 Å². The molecule has 120 valence electrons. The first-order valence-corrected chi connectivity index (χ1v) is 8.28. The molecule has 5 heteroatoms. The van der Waals surface area contributed by atoms with Gasteiger partial charge in [0, 0.05) is 17.0 Å². The van der Waals surface area contributed by atoms with Gasteiger partial charge in [-0.05, 0) is 56.2 Å². The van der Waals surface area contributed by atoms with Crippen molar-refractivity contribution in [2.75, 3.05) is 13.2 Å². The van der Waals surface area contributed by atoms with Crippen LogP contribution in [-0.2, 0) is 5.41 Å². The molecule has 22 heavy (non-hydrogen) atoms. The Morgan fingerprint density at radius 1 is 1.36 bits per heavy atom. The van der Waals surface area contributed by atoms with Crippen LogP contribution in [0.4, 0.5) is 4.79 Å². The van der Waals surface area contributed by atoms with Crippen LogP contribution in [-0.4, -0.2) is 29.8 Å². The van der Waals surface area contributed by atoms with Crippen LogP contribution in [0.15, 0.2) is 24.3 Å². The van der Waals surface area contributed by atoms with E-state index in [1.165, 1.54) is 5.56 Å². The number of aliphatic hydroxyl groups excluding tert-OH is 1. The molecule has 0 aromatic heterocycles. The van der Waals surface area contributed by atoms with Gasteiger partial charge in [0.1, 0.15) is 0 Å². The van der Waals surface area contributed by atoms with Gasteiger partial charge in [0.25, 0.3) is 0 Å². The monoisotopic (exact) mass is 322 g/mol. The molecule has 1 aromatic rings. The predicted molar refractivity (Wildman–Crippen MR) is 87.1 cm³/mol. The molecular formula is C17H23ClN2O2. The van der Waals surface area contributed by atoms with Crippen LogP contribution in [0.1, 0.15) is 38.2 Å². The lowest BCUT2D eigenvalue weighted by atomic mass is 9.96. The fourth-order valence-corrected chi connectivity index (χ4v) is 3.19. The Bertz CT molecular complexity index is 552. The standard InChI is InChI=1S/C17H23ClN2O2/c1-16(11-21,12-2-3-12)20-15(22)19-10-17(8-9-17)13-4-6-14(18)7-5-13/h4-7,12,21H,2-3,8-11H2,1H3,(H2,19,20,22). The highest BCUT2D eigenvalue weighted by molar-refractivity contribution is 6.30. The second-order valence-electron chi connectivity index (χ2n) is 6.94. The van der Waals surface area contributed by atoms with Crippen molar-refractivity contribution < 1.29 is 9.90 Å². The van der Waals surface area contributed by atoms with Crippen molar-refractivity contribution in [3.05, 3.63) is 34.9 Å². The summed E-state index contributed by atoms with van der Waals surface area (Å²) in [7, 11) is 0. The molecule has 0 aliphatic heterocycles. The van der Waals surface area contributed by atoms with Crippen molar-refractivity contribution in [3.63, 3.8) is 0 Å². The molecule has 1 aromatic carbocycles. The maximum absolute atomic E-state index is 12.2. The lowest BCUT2D eigenvalue weighted by Gasteiger charge is -2.29. The molecule has 2 aliphatic rings. The number of rotatable bonds is 6. The minimum atomic E-state index is -0.499. The van der Waals surface area contributed by atoms with Gasteiger partial charge in [-0.25, -0.2) is 4.79 Å². The number of carbonyl (C=O) groups is 1. The van der Waals surface area contributed by atoms with Crippen LogP contribution in [0.3, 0.4) is 0 Å². The Kier molecular flexibility index (Phi) is 4.08. The number of halogens is 1. The van der Waals surface area contributed by atoms with E-state index in [0.29, 0.717) is 12.5 Å². The lowest BCUT2D eigenvalue weighted by molar-refractivity contribution is 0.155. The SMILES string of the molecule is CC(CO)(NC(=O)NCC1(c2ccc(Cl)cc2)CC1)C1CC1. The highest BCUT2D eigenvalue weighted by Gasteiger charge is 2.45. The minimum absolute atomic E-state index is 0.0204. The summed E-state index contributed by atoms with van der Waals surface area (Å²) in [5.74, 6) is 0.398. The first-order valence-electron chi connectivity index (χ1n) is 7.90. The third-order valence-corrected chi connectivity index (χ3v) is 5.36. The molecule has 3 rings (SSSR count). The molecule has 2 saturated carbocycles. The summed E-state index contributed by atoms with van der Waals surface area (Å²) in [5.41, 5.74) is 0.780. The van der Waals surface area contributed by atoms with E-state index in [1.807, 2.05) is 31.2 Å². The number of carbonyl (C=O) groups excluding carboxylic acids is 1.